The molecule has 1 atom stereocenters. The van der Waals surface area contributed by atoms with Crippen molar-refractivity contribution in [2.45, 2.75) is 19.6 Å². The highest BCUT2D eigenvalue weighted by Gasteiger charge is 2.24. The molecule has 1 aromatic carbocycles. The van der Waals surface area contributed by atoms with Crippen LogP contribution in [-0.2, 0) is 23.6 Å². The molecule has 0 N–H and O–H groups in total. The maximum atomic E-state index is 13.0. The summed E-state index contributed by atoms with van der Waals surface area (Å²) in [5.41, 5.74) is 2.85. The van der Waals surface area contributed by atoms with E-state index in [0.29, 0.717) is 43.9 Å². The van der Waals surface area contributed by atoms with Crippen molar-refractivity contribution in [1.29, 1.82) is 0 Å². The van der Waals surface area contributed by atoms with Gasteiger partial charge in [0.05, 0.1) is 17.8 Å². The van der Waals surface area contributed by atoms with Crippen LogP contribution in [0.2, 0.25) is 0 Å². The van der Waals surface area contributed by atoms with Crippen molar-refractivity contribution in [1.82, 2.24) is 18.8 Å². The van der Waals surface area contributed by atoms with E-state index in [2.05, 4.69) is 9.88 Å². The van der Waals surface area contributed by atoms with E-state index in [1.807, 2.05) is 55.6 Å². The van der Waals surface area contributed by atoms with Gasteiger partial charge in [0.2, 0.25) is 10.0 Å². The molecule has 1 unspecified atom stereocenters. The summed E-state index contributed by atoms with van der Waals surface area (Å²) in [5.74, 6) is 0.663. The Morgan fingerprint density at radius 3 is 2.47 bits per heavy atom. The second-order valence-corrected chi connectivity index (χ2v) is 12.6. The number of piperazine rings is 1. The van der Waals surface area contributed by atoms with E-state index in [4.69, 9.17) is 4.74 Å². The molecule has 1 fully saturated rings. The van der Waals surface area contributed by atoms with E-state index in [0.717, 1.165) is 26.3 Å². The van der Waals surface area contributed by atoms with Crippen molar-refractivity contribution in [3.8, 4) is 16.9 Å². The number of nitrogens with zero attached hydrogens (tertiary/aromatic N) is 4. The lowest BCUT2D eigenvalue weighted by Crippen LogP contribution is -2.47. The molecule has 1 aliphatic heterocycles. The predicted octanol–water partition coefficient (Wildman–Crippen LogP) is 4.30. The average molecular weight is 575 g/mol. The van der Waals surface area contributed by atoms with Gasteiger partial charge in [-0.1, -0.05) is 30.3 Å². The third kappa shape index (κ3) is 6.10. The van der Waals surface area contributed by atoms with Crippen molar-refractivity contribution >= 4 is 43.9 Å². The first-order valence-electron chi connectivity index (χ1n) is 12.2. The Bertz CT molecular complexity index is 1580. The topological polar surface area (TPSA) is 84.7 Å². The van der Waals surface area contributed by atoms with Crippen molar-refractivity contribution in [2.75, 3.05) is 32.4 Å². The highest BCUT2D eigenvalue weighted by Crippen LogP contribution is 2.35. The highest BCUT2D eigenvalue weighted by atomic mass is 35.5. The van der Waals surface area contributed by atoms with E-state index < -0.39 is 10.0 Å². The summed E-state index contributed by atoms with van der Waals surface area (Å²) in [6.45, 7) is 4.97. The van der Waals surface area contributed by atoms with Crippen molar-refractivity contribution < 1.29 is 13.2 Å². The number of pyridine rings is 2. The fraction of sp³-hybridized carbons (Fsp3) is 0.333. The Hall–Kier alpha value is -2.76. The number of sulfonamides is 1. The van der Waals surface area contributed by atoms with Gasteiger partial charge in [-0.05, 0) is 24.6 Å². The Morgan fingerprint density at radius 2 is 1.79 bits per heavy atom. The number of rotatable bonds is 7. The molecule has 11 heteroatoms. The molecule has 1 aliphatic rings. The van der Waals surface area contributed by atoms with Crippen LogP contribution in [0.1, 0.15) is 23.5 Å². The number of aromatic nitrogens is 2. The molecule has 0 amide bonds. The van der Waals surface area contributed by atoms with E-state index in [-0.39, 0.29) is 24.1 Å². The second kappa shape index (κ2) is 11.5. The van der Waals surface area contributed by atoms with E-state index in [1.54, 1.807) is 35.3 Å². The molecular weight excluding hydrogens is 544 g/mol. The van der Waals surface area contributed by atoms with Gasteiger partial charge in [-0.15, -0.1) is 23.7 Å². The monoisotopic (exact) mass is 574 g/mol. The van der Waals surface area contributed by atoms with Crippen LogP contribution < -0.4 is 10.3 Å². The maximum absolute atomic E-state index is 13.0. The molecule has 5 rings (SSSR count). The van der Waals surface area contributed by atoms with Gasteiger partial charge < -0.3 is 9.30 Å². The largest absolute Gasteiger partial charge is 0.484 e. The zero-order valence-corrected chi connectivity index (χ0v) is 24.0. The van der Waals surface area contributed by atoms with Gasteiger partial charge in [-0.2, -0.15) is 4.31 Å². The second-order valence-electron chi connectivity index (χ2n) is 9.43. The Kier molecular flexibility index (Phi) is 8.59. The van der Waals surface area contributed by atoms with Crippen LogP contribution in [0, 0.1) is 0 Å². The average Bonchev–Trinajstić information content (AvgIpc) is 3.30. The van der Waals surface area contributed by atoms with Crippen LogP contribution in [0.15, 0.2) is 65.8 Å². The summed E-state index contributed by atoms with van der Waals surface area (Å²) in [6, 6.07) is 14.0. The highest BCUT2D eigenvalue weighted by molar-refractivity contribution is 7.88. The summed E-state index contributed by atoms with van der Waals surface area (Å²) in [5, 5.41) is 0.679. The fourth-order valence-corrected chi connectivity index (χ4v) is 6.70. The van der Waals surface area contributed by atoms with E-state index in [9.17, 15) is 13.2 Å². The zero-order chi connectivity index (χ0) is 26.2. The number of thiophene rings is 1. The van der Waals surface area contributed by atoms with Crippen LogP contribution in [0.25, 0.3) is 21.2 Å². The third-order valence-corrected chi connectivity index (χ3v) is 9.14. The lowest BCUT2D eigenvalue weighted by Gasteiger charge is -2.32. The van der Waals surface area contributed by atoms with Crippen molar-refractivity contribution in [2.24, 2.45) is 7.05 Å². The van der Waals surface area contributed by atoms with Gasteiger partial charge >= 0.3 is 0 Å². The van der Waals surface area contributed by atoms with Gasteiger partial charge in [0.1, 0.15) is 11.9 Å². The first-order chi connectivity index (χ1) is 17.7. The van der Waals surface area contributed by atoms with Crippen molar-refractivity contribution in [3.63, 3.8) is 0 Å². The van der Waals surface area contributed by atoms with Gasteiger partial charge in [0.15, 0.2) is 0 Å². The van der Waals surface area contributed by atoms with Gasteiger partial charge in [-0.3, -0.25) is 14.7 Å². The molecule has 0 radical (unpaired) electrons. The normalized spacial score (nSPS) is 15.8. The first-order valence-corrected chi connectivity index (χ1v) is 14.8. The summed E-state index contributed by atoms with van der Waals surface area (Å²) in [6.07, 6.45) is 6.48. The molecule has 4 aromatic rings. The smallest absolute Gasteiger partial charge is 0.259 e. The number of fused-ring (bicyclic) bond motifs is 1. The standard InChI is InChI=1S/C27H30N4O4S2.ClH/c1-19(20-7-5-4-6-8-20)35-22-13-21(15-28-16-22)25-18-29(2)27(32)24-14-23(36-26(24)25)17-30-9-11-31(12-10-30)37(3,33)34;/h4-8,13-16,18-19H,9-12,17H2,1-3H3;1H. The molecule has 0 spiro atoms. The molecule has 4 heterocycles. The van der Waals surface area contributed by atoms with Gasteiger partial charge in [0, 0.05) is 72.9 Å². The lowest BCUT2D eigenvalue weighted by atomic mass is 10.1. The lowest BCUT2D eigenvalue weighted by molar-refractivity contribution is 0.183. The molecule has 0 aliphatic carbocycles. The van der Waals surface area contributed by atoms with E-state index >= 15 is 0 Å². The molecule has 8 nitrogen and oxygen atoms in total. The zero-order valence-electron chi connectivity index (χ0n) is 21.5. The van der Waals surface area contributed by atoms with Crippen LogP contribution in [0.5, 0.6) is 5.75 Å². The molecular formula is C27H31ClN4O4S2. The van der Waals surface area contributed by atoms with Gasteiger partial charge in [0.25, 0.3) is 5.56 Å². The number of hydrogen-bond acceptors (Lipinski definition) is 7. The molecule has 3 aromatic heterocycles. The minimum atomic E-state index is -3.17. The number of aryl methyl sites for hydroxylation is 1. The molecule has 1 saturated heterocycles. The first kappa shape index (κ1) is 28.3. The maximum Gasteiger partial charge on any atom is 0.259 e. The van der Waals surface area contributed by atoms with Crippen LogP contribution >= 0.6 is 23.7 Å². The van der Waals surface area contributed by atoms with Crippen molar-refractivity contribution in [3.05, 3.63) is 81.8 Å². The molecule has 0 bridgehead atoms. The SMILES string of the molecule is CC(Oc1cncc(-c2cn(C)c(=O)c3cc(CN4CCN(S(C)(=O)=O)CC4)sc23)c1)c1ccccc1.Cl. The summed E-state index contributed by atoms with van der Waals surface area (Å²) >= 11 is 1.60. The van der Waals surface area contributed by atoms with Crippen LogP contribution in [-0.4, -0.2) is 59.6 Å². The van der Waals surface area contributed by atoms with Crippen LogP contribution in [0.4, 0.5) is 0 Å². The van der Waals surface area contributed by atoms with Crippen LogP contribution in [0.3, 0.4) is 0 Å². The van der Waals surface area contributed by atoms with Gasteiger partial charge in [-0.25, -0.2) is 8.42 Å². The minimum absolute atomic E-state index is 0. The number of benzene rings is 1. The summed E-state index contributed by atoms with van der Waals surface area (Å²) in [7, 11) is -1.41. The molecule has 0 saturated carbocycles. The Labute approximate surface area is 233 Å². The molecule has 38 heavy (non-hydrogen) atoms. The fourth-order valence-electron chi connectivity index (χ4n) is 4.65. The Balaban J connectivity index is 0.00000336. The Morgan fingerprint density at radius 1 is 1.08 bits per heavy atom. The van der Waals surface area contributed by atoms with E-state index in [1.165, 1.54) is 10.6 Å². The third-order valence-electron chi connectivity index (χ3n) is 6.69. The quantitative estimate of drug-likeness (QED) is 0.327. The predicted molar refractivity (Wildman–Crippen MR) is 155 cm³/mol. The summed E-state index contributed by atoms with van der Waals surface area (Å²) in [4.78, 5) is 20.7. The number of ether oxygens (including phenoxy) is 1. The molecule has 202 valence electrons. The summed E-state index contributed by atoms with van der Waals surface area (Å²) < 4.78 is 33.9. The number of halogens is 1. The number of hydrogen-bond donors (Lipinski definition) is 0. The minimum Gasteiger partial charge on any atom is -0.484 e.